The summed E-state index contributed by atoms with van der Waals surface area (Å²) >= 11 is 2.32. The predicted molar refractivity (Wildman–Crippen MR) is 82.4 cm³/mol. The van der Waals surface area contributed by atoms with E-state index in [9.17, 15) is 0 Å². The summed E-state index contributed by atoms with van der Waals surface area (Å²) in [5.74, 6) is 0. The molecule has 0 amide bonds. The van der Waals surface area contributed by atoms with E-state index in [0.717, 1.165) is 18.8 Å². The molecule has 0 bridgehead atoms. The highest BCUT2D eigenvalue weighted by Gasteiger charge is 2.08. The van der Waals surface area contributed by atoms with Crippen LogP contribution in [0, 0.1) is 17.4 Å². The Labute approximate surface area is 122 Å². The van der Waals surface area contributed by atoms with Crippen LogP contribution >= 0.6 is 22.6 Å². The first-order chi connectivity index (χ1) is 8.58. The highest BCUT2D eigenvalue weighted by molar-refractivity contribution is 14.1. The number of hydrogen-bond donors (Lipinski definition) is 1. The molecule has 1 aromatic heterocycles. The summed E-state index contributed by atoms with van der Waals surface area (Å²) in [5, 5.41) is 7.90. The van der Waals surface area contributed by atoms with E-state index in [0.29, 0.717) is 0 Å². The van der Waals surface area contributed by atoms with Gasteiger partial charge >= 0.3 is 0 Å². The number of aromatic nitrogens is 2. The van der Waals surface area contributed by atoms with Crippen LogP contribution in [0.2, 0.25) is 0 Å². The van der Waals surface area contributed by atoms with Crippen molar-refractivity contribution < 1.29 is 0 Å². The number of rotatable bonds is 4. The van der Waals surface area contributed by atoms with Gasteiger partial charge in [0.05, 0.1) is 5.69 Å². The lowest BCUT2D eigenvalue weighted by Crippen LogP contribution is -2.13. The second-order valence-electron chi connectivity index (χ2n) is 4.50. The van der Waals surface area contributed by atoms with Gasteiger partial charge in [-0.25, -0.2) is 0 Å². The Kier molecular flexibility index (Phi) is 4.40. The molecule has 0 unspecified atom stereocenters. The Balaban J connectivity index is 1.94. The van der Waals surface area contributed by atoms with Gasteiger partial charge < -0.3 is 5.32 Å². The average molecular weight is 355 g/mol. The number of halogens is 1. The lowest BCUT2D eigenvalue weighted by Gasteiger charge is -2.06. The van der Waals surface area contributed by atoms with Crippen molar-refractivity contribution in [2.24, 2.45) is 7.05 Å². The van der Waals surface area contributed by atoms with E-state index in [2.05, 4.69) is 71.1 Å². The second kappa shape index (κ2) is 5.84. The molecule has 96 valence electrons. The van der Waals surface area contributed by atoms with Gasteiger partial charge in [0.2, 0.25) is 0 Å². The molecule has 0 saturated carbocycles. The minimum absolute atomic E-state index is 0.873. The maximum atomic E-state index is 4.42. The smallest absolute Gasteiger partial charge is 0.0641 e. The topological polar surface area (TPSA) is 29.9 Å². The molecule has 0 aliphatic carbocycles. The van der Waals surface area contributed by atoms with Crippen molar-refractivity contribution in [2.75, 3.05) is 0 Å². The zero-order valence-electron chi connectivity index (χ0n) is 11.0. The van der Waals surface area contributed by atoms with Crippen LogP contribution in [0.15, 0.2) is 24.3 Å². The number of nitrogens with zero attached hydrogens (tertiary/aromatic N) is 2. The van der Waals surface area contributed by atoms with Gasteiger partial charge in [0.25, 0.3) is 0 Å². The zero-order chi connectivity index (χ0) is 13.1. The summed E-state index contributed by atoms with van der Waals surface area (Å²) in [4.78, 5) is 0. The van der Waals surface area contributed by atoms with Crippen molar-refractivity contribution in [3.8, 4) is 0 Å². The Morgan fingerprint density at radius 1 is 1.17 bits per heavy atom. The van der Waals surface area contributed by atoms with Gasteiger partial charge in [0.1, 0.15) is 0 Å². The molecule has 1 aromatic carbocycles. The van der Waals surface area contributed by atoms with E-state index in [1.165, 1.54) is 20.4 Å². The number of aryl methyl sites for hydroxylation is 2. The van der Waals surface area contributed by atoms with Gasteiger partial charge in [-0.1, -0.05) is 12.1 Å². The van der Waals surface area contributed by atoms with E-state index in [4.69, 9.17) is 0 Å². The Morgan fingerprint density at radius 2 is 1.83 bits per heavy atom. The van der Waals surface area contributed by atoms with Crippen LogP contribution in [0.1, 0.15) is 22.5 Å². The lowest BCUT2D eigenvalue weighted by molar-refractivity contribution is 0.684. The molecule has 2 aromatic rings. The first-order valence-corrected chi connectivity index (χ1v) is 7.10. The minimum Gasteiger partial charge on any atom is -0.308 e. The molecular formula is C14H18IN3. The van der Waals surface area contributed by atoms with E-state index in [1.54, 1.807) is 0 Å². The van der Waals surface area contributed by atoms with E-state index < -0.39 is 0 Å². The summed E-state index contributed by atoms with van der Waals surface area (Å²) in [6.45, 7) is 5.94. The molecule has 0 aliphatic heterocycles. The molecule has 18 heavy (non-hydrogen) atoms. The maximum absolute atomic E-state index is 4.42. The first kappa shape index (κ1) is 13.5. The Morgan fingerprint density at radius 3 is 2.39 bits per heavy atom. The molecule has 1 N–H and O–H groups in total. The Hall–Kier alpha value is -0.880. The van der Waals surface area contributed by atoms with Gasteiger partial charge in [-0.3, -0.25) is 4.68 Å². The van der Waals surface area contributed by atoms with Crippen LogP contribution in [0.3, 0.4) is 0 Å². The number of nitrogens with one attached hydrogen (secondary N) is 1. The van der Waals surface area contributed by atoms with Gasteiger partial charge in [0.15, 0.2) is 0 Å². The summed E-state index contributed by atoms with van der Waals surface area (Å²) in [6.07, 6.45) is 0. The lowest BCUT2D eigenvalue weighted by atomic mass is 10.2. The zero-order valence-corrected chi connectivity index (χ0v) is 13.2. The van der Waals surface area contributed by atoms with Crippen LogP contribution in [0.4, 0.5) is 0 Å². The van der Waals surface area contributed by atoms with E-state index in [-0.39, 0.29) is 0 Å². The molecule has 0 radical (unpaired) electrons. The standard InChI is InChI=1S/C14H18IN3/c1-10-14(11(2)18(3)17-10)9-16-8-12-4-6-13(15)7-5-12/h4-7,16H,8-9H2,1-3H3. The van der Waals surface area contributed by atoms with Crippen molar-refractivity contribution in [2.45, 2.75) is 26.9 Å². The van der Waals surface area contributed by atoms with Gasteiger partial charge in [-0.2, -0.15) is 5.10 Å². The van der Waals surface area contributed by atoms with Crippen LogP contribution in [-0.2, 0) is 20.1 Å². The highest BCUT2D eigenvalue weighted by atomic mass is 127. The summed E-state index contributed by atoms with van der Waals surface area (Å²) < 4.78 is 3.22. The van der Waals surface area contributed by atoms with Crippen LogP contribution in [0.25, 0.3) is 0 Å². The fourth-order valence-electron chi connectivity index (χ4n) is 2.01. The largest absolute Gasteiger partial charge is 0.308 e. The van der Waals surface area contributed by atoms with Crippen molar-refractivity contribution in [1.82, 2.24) is 15.1 Å². The van der Waals surface area contributed by atoms with Crippen molar-refractivity contribution in [3.63, 3.8) is 0 Å². The summed E-state index contributed by atoms with van der Waals surface area (Å²) in [5.41, 5.74) is 4.98. The minimum atomic E-state index is 0.873. The van der Waals surface area contributed by atoms with Crippen molar-refractivity contribution >= 4 is 22.6 Å². The van der Waals surface area contributed by atoms with Crippen LogP contribution in [-0.4, -0.2) is 9.78 Å². The molecule has 0 saturated heterocycles. The molecule has 4 heteroatoms. The molecule has 3 nitrogen and oxygen atoms in total. The normalized spacial score (nSPS) is 10.9. The fourth-order valence-corrected chi connectivity index (χ4v) is 2.37. The van der Waals surface area contributed by atoms with E-state index in [1.807, 2.05) is 11.7 Å². The molecule has 0 spiro atoms. The fraction of sp³-hybridized carbons (Fsp3) is 0.357. The first-order valence-electron chi connectivity index (χ1n) is 6.02. The SMILES string of the molecule is Cc1nn(C)c(C)c1CNCc1ccc(I)cc1. The molecule has 0 atom stereocenters. The molecule has 0 fully saturated rings. The monoisotopic (exact) mass is 355 g/mol. The number of benzene rings is 1. The van der Waals surface area contributed by atoms with Crippen molar-refractivity contribution in [3.05, 3.63) is 50.4 Å². The third kappa shape index (κ3) is 3.11. The van der Waals surface area contributed by atoms with Gasteiger partial charge in [-0.15, -0.1) is 0 Å². The third-order valence-electron chi connectivity index (χ3n) is 3.20. The molecule has 2 rings (SSSR count). The van der Waals surface area contributed by atoms with Crippen LogP contribution in [0.5, 0.6) is 0 Å². The summed E-state index contributed by atoms with van der Waals surface area (Å²) in [6, 6.07) is 8.60. The van der Waals surface area contributed by atoms with E-state index >= 15 is 0 Å². The maximum Gasteiger partial charge on any atom is 0.0641 e. The summed E-state index contributed by atoms with van der Waals surface area (Å²) in [7, 11) is 1.99. The molecule has 1 heterocycles. The third-order valence-corrected chi connectivity index (χ3v) is 3.92. The molecular weight excluding hydrogens is 337 g/mol. The predicted octanol–water partition coefficient (Wildman–Crippen LogP) is 2.93. The van der Waals surface area contributed by atoms with Crippen molar-refractivity contribution in [1.29, 1.82) is 0 Å². The Bertz CT molecular complexity index is 529. The van der Waals surface area contributed by atoms with Gasteiger partial charge in [0, 0.05) is 35.0 Å². The average Bonchev–Trinajstić information content (AvgIpc) is 2.58. The van der Waals surface area contributed by atoms with Crippen LogP contribution < -0.4 is 5.32 Å². The quantitative estimate of drug-likeness (QED) is 0.855. The molecule has 0 aliphatic rings. The highest BCUT2D eigenvalue weighted by Crippen LogP contribution is 2.12. The second-order valence-corrected chi connectivity index (χ2v) is 5.75. The van der Waals surface area contributed by atoms with Gasteiger partial charge in [-0.05, 0) is 54.1 Å². The number of hydrogen-bond acceptors (Lipinski definition) is 2.